The normalized spacial score (nSPS) is 16.9. The third kappa shape index (κ3) is 6.00. The molecule has 1 fully saturated rings. The highest BCUT2D eigenvalue weighted by molar-refractivity contribution is 9.10. The monoisotopic (exact) mass is 576 g/mol. The molecule has 0 radical (unpaired) electrons. The van der Waals surface area contributed by atoms with Gasteiger partial charge in [-0.3, -0.25) is 9.59 Å². The first-order chi connectivity index (χ1) is 18.3. The van der Waals surface area contributed by atoms with Crippen molar-refractivity contribution in [2.24, 2.45) is 0 Å². The zero-order valence-corrected chi connectivity index (χ0v) is 23.6. The number of aliphatic hydroxyl groups is 1. The molecule has 0 bridgehead atoms. The van der Waals surface area contributed by atoms with Gasteiger partial charge in [0.15, 0.2) is 0 Å². The van der Waals surface area contributed by atoms with Gasteiger partial charge in [0.25, 0.3) is 11.7 Å². The highest BCUT2D eigenvalue weighted by atomic mass is 79.9. The van der Waals surface area contributed by atoms with Gasteiger partial charge in [0, 0.05) is 23.1 Å². The number of halogens is 1. The summed E-state index contributed by atoms with van der Waals surface area (Å²) in [5, 5.41) is 11.3. The number of nitrogens with zero attached hydrogens (tertiary/aromatic N) is 2. The van der Waals surface area contributed by atoms with Gasteiger partial charge in [-0.15, -0.1) is 0 Å². The molecule has 6 nitrogen and oxygen atoms in total. The van der Waals surface area contributed by atoms with Gasteiger partial charge in [-0.2, -0.15) is 0 Å². The minimum absolute atomic E-state index is 0.0984. The quantitative estimate of drug-likeness (QED) is 0.179. The molecule has 1 N–H and O–H groups in total. The Bertz CT molecular complexity index is 1330. The molecule has 0 aromatic heterocycles. The predicted molar refractivity (Wildman–Crippen MR) is 153 cm³/mol. The van der Waals surface area contributed by atoms with Gasteiger partial charge in [-0.25, -0.2) is 0 Å². The highest BCUT2D eigenvalue weighted by Gasteiger charge is 2.46. The largest absolute Gasteiger partial charge is 0.507 e. The number of rotatable bonds is 10. The van der Waals surface area contributed by atoms with Crippen molar-refractivity contribution in [2.75, 3.05) is 26.2 Å². The van der Waals surface area contributed by atoms with Crippen LogP contribution in [0.1, 0.15) is 42.1 Å². The van der Waals surface area contributed by atoms with Crippen LogP contribution in [0.5, 0.6) is 5.75 Å². The van der Waals surface area contributed by atoms with Gasteiger partial charge in [0.2, 0.25) is 0 Å². The molecule has 7 heteroatoms. The van der Waals surface area contributed by atoms with E-state index in [1.54, 1.807) is 29.2 Å². The topological polar surface area (TPSA) is 70.1 Å². The zero-order valence-electron chi connectivity index (χ0n) is 22.0. The molecule has 1 saturated heterocycles. The fourth-order valence-corrected chi connectivity index (χ4v) is 5.14. The summed E-state index contributed by atoms with van der Waals surface area (Å²) >= 11 is 3.50. The Labute approximate surface area is 232 Å². The van der Waals surface area contributed by atoms with Crippen LogP contribution in [-0.4, -0.2) is 52.8 Å². The summed E-state index contributed by atoms with van der Waals surface area (Å²) in [5.41, 5.74) is 3.56. The van der Waals surface area contributed by atoms with Crippen LogP contribution in [0.15, 0.2) is 82.8 Å². The number of hydrogen-bond acceptors (Lipinski definition) is 5. The molecule has 1 aliphatic rings. The van der Waals surface area contributed by atoms with Crippen LogP contribution in [0.4, 0.5) is 0 Å². The average Bonchev–Trinajstić information content (AvgIpc) is 3.18. The lowest BCUT2D eigenvalue weighted by atomic mass is 9.95. The molecule has 1 heterocycles. The van der Waals surface area contributed by atoms with E-state index in [0.717, 1.165) is 34.3 Å². The molecule has 3 aromatic rings. The Hall–Kier alpha value is -3.42. The number of amides is 1. The number of aryl methyl sites for hydroxylation is 1. The molecule has 4 rings (SSSR count). The van der Waals surface area contributed by atoms with Crippen molar-refractivity contribution in [1.82, 2.24) is 9.80 Å². The van der Waals surface area contributed by atoms with E-state index in [9.17, 15) is 14.7 Å². The van der Waals surface area contributed by atoms with Crippen molar-refractivity contribution in [3.8, 4) is 5.75 Å². The van der Waals surface area contributed by atoms with E-state index < -0.39 is 17.7 Å². The van der Waals surface area contributed by atoms with Crippen molar-refractivity contribution >= 4 is 33.4 Å². The van der Waals surface area contributed by atoms with Gasteiger partial charge >= 0.3 is 0 Å². The number of aliphatic hydroxyl groups excluding tert-OH is 1. The first-order valence-electron chi connectivity index (χ1n) is 12.9. The smallest absolute Gasteiger partial charge is 0.295 e. The number of carbonyl (C=O) groups is 2. The van der Waals surface area contributed by atoms with Crippen LogP contribution in [0.25, 0.3) is 5.76 Å². The van der Waals surface area contributed by atoms with Gasteiger partial charge in [0.1, 0.15) is 18.1 Å². The lowest BCUT2D eigenvalue weighted by Crippen LogP contribution is -2.38. The molecule has 3 aromatic carbocycles. The Balaban J connectivity index is 1.64. The molecular formula is C31H33BrN2O4. The maximum absolute atomic E-state index is 13.3. The van der Waals surface area contributed by atoms with Gasteiger partial charge in [-0.05, 0) is 73.1 Å². The van der Waals surface area contributed by atoms with Crippen molar-refractivity contribution in [3.63, 3.8) is 0 Å². The first-order valence-corrected chi connectivity index (χ1v) is 13.7. The second-order valence-electron chi connectivity index (χ2n) is 9.31. The van der Waals surface area contributed by atoms with E-state index in [4.69, 9.17) is 4.74 Å². The van der Waals surface area contributed by atoms with Gasteiger partial charge < -0.3 is 19.6 Å². The fraction of sp³-hybridized carbons (Fsp3) is 0.290. The molecule has 1 amide bonds. The van der Waals surface area contributed by atoms with Crippen molar-refractivity contribution in [1.29, 1.82) is 0 Å². The maximum atomic E-state index is 13.3. The Kier molecular flexibility index (Phi) is 9.02. The minimum atomic E-state index is -0.681. The van der Waals surface area contributed by atoms with E-state index in [0.29, 0.717) is 31.0 Å². The standard InChI is InChI=1S/C31H33BrN2O4/c1-4-33(5-2)17-18-34-28(23-11-8-12-25(32)19-23)27(30(36)31(34)37)29(35)22-13-15-26(16-14-22)38-20-24-10-7-6-9-21(24)3/h6-16,19,28,35H,4-5,17-18,20H2,1-3H3. The summed E-state index contributed by atoms with van der Waals surface area (Å²) < 4.78 is 6.76. The van der Waals surface area contributed by atoms with Gasteiger partial charge in [-0.1, -0.05) is 66.2 Å². The fourth-order valence-electron chi connectivity index (χ4n) is 4.72. The lowest BCUT2D eigenvalue weighted by Gasteiger charge is -2.28. The Morgan fingerprint density at radius 1 is 1.00 bits per heavy atom. The van der Waals surface area contributed by atoms with Crippen LogP contribution in [0, 0.1) is 6.92 Å². The summed E-state index contributed by atoms with van der Waals surface area (Å²) in [7, 11) is 0. The van der Waals surface area contributed by atoms with Crippen molar-refractivity contribution in [3.05, 3.63) is 105 Å². The maximum Gasteiger partial charge on any atom is 0.295 e. The van der Waals surface area contributed by atoms with Crippen molar-refractivity contribution < 1.29 is 19.4 Å². The lowest BCUT2D eigenvalue weighted by molar-refractivity contribution is -0.140. The number of ketones is 1. The van der Waals surface area contributed by atoms with Crippen LogP contribution in [-0.2, 0) is 16.2 Å². The summed E-state index contributed by atoms with van der Waals surface area (Å²) in [5.74, 6) is -0.814. The molecular weight excluding hydrogens is 544 g/mol. The number of ether oxygens (including phenoxy) is 1. The molecule has 0 saturated carbocycles. The van der Waals surface area contributed by atoms with Crippen molar-refractivity contribution in [2.45, 2.75) is 33.4 Å². The van der Waals surface area contributed by atoms with Gasteiger partial charge in [0.05, 0.1) is 11.6 Å². The van der Waals surface area contributed by atoms with E-state index >= 15 is 0 Å². The van der Waals surface area contributed by atoms with E-state index in [1.807, 2.05) is 55.5 Å². The molecule has 38 heavy (non-hydrogen) atoms. The van der Waals surface area contributed by atoms with Crippen LogP contribution in [0.2, 0.25) is 0 Å². The summed E-state index contributed by atoms with van der Waals surface area (Å²) in [6.07, 6.45) is 0. The molecule has 0 aliphatic carbocycles. The Morgan fingerprint density at radius 2 is 1.71 bits per heavy atom. The number of hydrogen-bond donors (Lipinski definition) is 1. The molecule has 0 spiro atoms. The minimum Gasteiger partial charge on any atom is -0.507 e. The second kappa shape index (κ2) is 12.4. The summed E-state index contributed by atoms with van der Waals surface area (Å²) in [6.45, 7) is 9.32. The summed E-state index contributed by atoms with van der Waals surface area (Å²) in [6, 6.07) is 21.8. The zero-order chi connectivity index (χ0) is 27.2. The number of carbonyl (C=O) groups excluding carboxylic acids is 2. The third-order valence-electron chi connectivity index (χ3n) is 7.04. The third-order valence-corrected chi connectivity index (χ3v) is 7.53. The highest BCUT2D eigenvalue weighted by Crippen LogP contribution is 2.40. The number of likely N-dealkylation sites (tertiary alicyclic amines) is 1. The number of benzene rings is 3. The average molecular weight is 578 g/mol. The molecule has 1 aliphatic heterocycles. The van der Waals surface area contributed by atoms with Crippen LogP contribution >= 0.6 is 15.9 Å². The SMILES string of the molecule is CCN(CC)CCN1C(=O)C(=O)C(=C(O)c2ccc(OCc3ccccc3C)cc2)C1c1cccc(Br)c1. The first kappa shape index (κ1) is 27.6. The Morgan fingerprint density at radius 3 is 2.37 bits per heavy atom. The number of likely N-dealkylation sites (N-methyl/N-ethyl adjacent to an activating group) is 1. The summed E-state index contributed by atoms with van der Waals surface area (Å²) in [4.78, 5) is 30.3. The second-order valence-corrected chi connectivity index (χ2v) is 10.2. The van der Waals surface area contributed by atoms with E-state index in [2.05, 4.69) is 34.7 Å². The molecule has 1 atom stereocenters. The van der Waals surface area contributed by atoms with E-state index in [1.165, 1.54) is 0 Å². The number of Topliss-reactive ketones (excluding diaryl/α,β-unsaturated/α-hetero) is 1. The van der Waals surface area contributed by atoms with Crippen LogP contribution < -0.4 is 4.74 Å². The molecule has 1 unspecified atom stereocenters. The van der Waals surface area contributed by atoms with E-state index in [-0.39, 0.29) is 11.3 Å². The van der Waals surface area contributed by atoms with Crippen LogP contribution in [0.3, 0.4) is 0 Å². The molecule has 198 valence electrons. The predicted octanol–water partition coefficient (Wildman–Crippen LogP) is 6.10.